The van der Waals surface area contributed by atoms with Crippen molar-refractivity contribution in [1.29, 1.82) is 0 Å². The van der Waals surface area contributed by atoms with Crippen LogP contribution in [0.3, 0.4) is 0 Å². The average Bonchev–Trinajstić information content (AvgIpc) is 2.69. The molecule has 0 radical (unpaired) electrons. The largest absolute Gasteiger partial charge is 0.371 e. The lowest BCUT2D eigenvalue weighted by molar-refractivity contribution is -0.0134. The summed E-state index contributed by atoms with van der Waals surface area (Å²) in [6, 6.07) is 0.487. The number of ether oxygens (including phenoxy) is 1. The quantitative estimate of drug-likeness (QED) is 0.854. The zero-order chi connectivity index (χ0) is 13.8. The van der Waals surface area contributed by atoms with Crippen LogP contribution in [-0.2, 0) is 11.3 Å². The standard InChI is InChI=1S/C14H26N2OS/c1-7-17-12(14(4,5)6)13-16-11(9-18-13)8-15-10(2)3/h9-10,12,15H,7-8H2,1-6H3. The fourth-order valence-electron chi connectivity index (χ4n) is 1.69. The van der Waals surface area contributed by atoms with Crippen molar-refractivity contribution in [3.8, 4) is 0 Å². The Morgan fingerprint density at radius 1 is 1.39 bits per heavy atom. The molecule has 0 saturated carbocycles. The van der Waals surface area contributed by atoms with Gasteiger partial charge in [-0.1, -0.05) is 34.6 Å². The van der Waals surface area contributed by atoms with E-state index in [0.29, 0.717) is 6.04 Å². The molecule has 18 heavy (non-hydrogen) atoms. The minimum absolute atomic E-state index is 0.0800. The molecule has 1 rings (SSSR count). The fourth-order valence-corrected chi connectivity index (χ4v) is 2.80. The molecule has 0 aliphatic heterocycles. The number of rotatable bonds is 6. The van der Waals surface area contributed by atoms with Gasteiger partial charge in [0.1, 0.15) is 11.1 Å². The molecule has 1 unspecified atom stereocenters. The summed E-state index contributed by atoms with van der Waals surface area (Å²) in [6.07, 6.45) is 0.0836. The van der Waals surface area contributed by atoms with E-state index in [1.807, 2.05) is 6.92 Å². The van der Waals surface area contributed by atoms with Gasteiger partial charge in [-0.2, -0.15) is 0 Å². The Bertz CT molecular complexity index is 355. The molecule has 0 amide bonds. The molecule has 0 bridgehead atoms. The first-order valence-electron chi connectivity index (χ1n) is 6.64. The van der Waals surface area contributed by atoms with Gasteiger partial charge in [0, 0.05) is 24.6 Å². The summed E-state index contributed by atoms with van der Waals surface area (Å²) in [4.78, 5) is 4.70. The van der Waals surface area contributed by atoms with Crippen molar-refractivity contribution in [3.63, 3.8) is 0 Å². The van der Waals surface area contributed by atoms with Crippen LogP contribution in [0.25, 0.3) is 0 Å². The molecule has 1 aromatic rings. The van der Waals surface area contributed by atoms with Crippen molar-refractivity contribution in [2.45, 2.75) is 60.2 Å². The second kappa shape index (κ2) is 6.64. The van der Waals surface area contributed by atoms with E-state index in [9.17, 15) is 0 Å². The van der Waals surface area contributed by atoms with E-state index in [1.165, 1.54) is 0 Å². The normalized spacial score (nSPS) is 14.2. The van der Waals surface area contributed by atoms with E-state index >= 15 is 0 Å². The number of nitrogens with zero attached hydrogens (tertiary/aromatic N) is 1. The van der Waals surface area contributed by atoms with Crippen molar-refractivity contribution in [2.24, 2.45) is 5.41 Å². The molecule has 104 valence electrons. The highest BCUT2D eigenvalue weighted by Crippen LogP contribution is 2.37. The lowest BCUT2D eigenvalue weighted by Crippen LogP contribution is -2.23. The van der Waals surface area contributed by atoms with E-state index in [2.05, 4.69) is 45.3 Å². The van der Waals surface area contributed by atoms with Gasteiger partial charge in [-0.3, -0.25) is 0 Å². The Balaban J connectivity index is 2.75. The molecule has 1 heterocycles. The smallest absolute Gasteiger partial charge is 0.122 e. The van der Waals surface area contributed by atoms with Crippen LogP contribution in [0, 0.1) is 5.41 Å². The molecule has 1 aromatic heterocycles. The fraction of sp³-hybridized carbons (Fsp3) is 0.786. The van der Waals surface area contributed by atoms with Crippen LogP contribution >= 0.6 is 11.3 Å². The van der Waals surface area contributed by atoms with Crippen LogP contribution in [0.1, 0.15) is 58.3 Å². The Morgan fingerprint density at radius 3 is 2.56 bits per heavy atom. The highest BCUT2D eigenvalue weighted by Gasteiger charge is 2.29. The molecule has 0 saturated heterocycles. The predicted octanol–water partition coefficient (Wildman–Crippen LogP) is 3.76. The Hall–Kier alpha value is -0.450. The SMILES string of the molecule is CCOC(c1nc(CNC(C)C)cs1)C(C)(C)C. The van der Waals surface area contributed by atoms with Crippen molar-refractivity contribution in [2.75, 3.05) is 6.61 Å². The third-order valence-corrected chi connectivity index (χ3v) is 3.54. The van der Waals surface area contributed by atoms with Gasteiger partial charge in [0.15, 0.2) is 0 Å². The van der Waals surface area contributed by atoms with E-state index in [-0.39, 0.29) is 11.5 Å². The zero-order valence-corrected chi connectivity index (χ0v) is 13.2. The van der Waals surface area contributed by atoms with Crippen LogP contribution in [0.2, 0.25) is 0 Å². The number of nitrogens with one attached hydrogen (secondary N) is 1. The van der Waals surface area contributed by atoms with Gasteiger partial charge in [-0.15, -0.1) is 11.3 Å². The predicted molar refractivity (Wildman–Crippen MR) is 77.9 cm³/mol. The second-order valence-electron chi connectivity index (χ2n) is 5.91. The van der Waals surface area contributed by atoms with Crippen LogP contribution in [0.4, 0.5) is 0 Å². The Labute approximate surface area is 115 Å². The first-order chi connectivity index (χ1) is 8.34. The van der Waals surface area contributed by atoms with Crippen LogP contribution in [0.15, 0.2) is 5.38 Å². The maximum absolute atomic E-state index is 5.86. The summed E-state index contributed by atoms with van der Waals surface area (Å²) in [5.74, 6) is 0. The summed E-state index contributed by atoms with van der Waals surface area (Å²) in [5, 5.41) is 6.60. The molecular formula is C14H26N2OS. The number of aromatic nitrogens is 1. The molecule has 1 N–H and O–H groups in total. The highest BCUT2D eigenvalue weighted by atomic mass is 32.1. The lowest BCUT2D eigenvalue weighted by Gasteiger charge is -2.28. The first-order valence-corrected chi connectivity index (χ1v) is 7.51. The maximum atomic E-state index is 5.86. The van der Waals surface area contributed by atoms with Gasteiger partial charge >= 0.3 is 0 Å². The van der Waals surface area contributed by atoms with Gasteiger partial charge in [0.2, 0.25) is 0 Å². The number of hydrogen-bond donors (Lipinski definition) is 1. The molecule has 1 atom stereocenters. The third-order valence-electron chi connectivity index (χ3n) is 2.61. The van der Waals surface area contributed by atoms with Crippen molar-refractivity contribution in [1.82, 2.24) is 10.3 Å². The van der Waals surface area contributed by atoms with Gasteiger partial charge in [0.05, 0.1) is 5.69 Å². The van der Waals surface area contributed by atoms with Gasteiger partial charge in [-0.05, 0) is 12.3 Å². The molecule has 0 fully saturated rings. The average molecular weight is 270 g/mol. The molecular weight excluding hydrogens is 244 g/mol. The zero-order valence-electron chi connectivity index (χ0n) is 12.4. The van der Waals surface area contributed by atoms with Crippen LogP contribution in [0.5, 0.6) is 0 Å². The van der Waals surface area contributed by atoms with E-state index in [0.717, 1.165) is 23.9 Å². The van der Waals surface area contributed by atoms with Crippen molar-refractivity contribution < 1.29 is 4.74 Å². The molecule has 0 aliphatic rings. The number of hydrogen-bond acceptors (Lipinski definition) is 4. The minimum atomic E-state index is 0.0800. The van der Waals surface area contributed by atoms with E-state index < -0.39 is 0 Å². The third kappa shape index (κ3) is 4.67. The minimum Gasteiger partial charge on any atom is -0.371 e. The topological polar surface area (TPSA) is 34.1 Å². The van der Waals surface area contributed by atoms with Crippen LogP contribution in [-0.4, -0.2) is 17.6 Å². The summed E-state index contributed by atoms with van der Waals surface area (Å²) in [7, 11) is 0. The summed E-state index contributed by atoms with van der Waals surface area (Å²) in [5.41, 5.74) is 1.19. The monoisotopic (exact) mass is 270 g/mol. The Kier molecular flexibility index (Phi) is 5.76. The molecule has 0 spiro atoms. The summed E-state index contributed by atoms with van der Waals surface area (Å²) >= 11 is 1.70. The summed E-state index contributed by atoms with van der Waals surface area (Å²) in [6.45, 7) is 14.5. The maximum Gasteiger partial charge on any atom is 0.122 e. The van der Waals surface area contributed by atoms with Crippen molar-refractivity contribution in [3.05, 3.63) is 16.1 Å². The summed E-state index contributed by atoms with van der Waals surface area (Å²) < 4.78 is 5.86. The highest BCUT2D eigenvalue weighted by molar-refractivity contribution is 7.09. The van der Waals surface area contributed by atoms with E-state index in [4.69, 9.17) is 9.72 Å². The Morgan fingerprint density at radius 2 is 2.06 bits per heavy atom. The molecule has 0 aliphatic carbocycles. The molecule has 4 heteroatoms. The van der Waals surface area contributed by atoms with Crippen LogP contribution < -0.4 is 5.32 Å². The van der Waals surface area contributed by atoms with E-state index in [1.54, 1.807) is 11.3 Å². The lowest BCUT2D eigenvalue weighted by atomic mass is 9.89. The molecule has 0 aromatic carbocycles. The van der Waals surface area contributed by atoms with Gasteiger partial charge < -0.3 is 10.1 Å². The van der Waals surface area contributed by atoms with Gasteiger partial charge in [0.25, 0.3) is 0 Å². The first kappa shape index (κ1) is 15.6. The number of thiazole rings is 1. The van der Waals surface area contributed by atoms with Crippen molar-refractivity contribution >= 4 is 11.3 Å². The van der Waals surface area contributed by atoms with Gasteiger partial charge in [-0.25, -0.2) is 4.98 Å². The second-order valence-corrected chi connectivity index (χ2v) is 6.80. The molecule has 3 nitrogen and oxygen atoms in total.